The van der Waals surface area contributed by atoms with Gasteiger partial charge in [-0.05, 0) is 30.7 Å². The summed E-state index contributed by atoms with van der Waals surface area (Å²) in [7, 11) is 0. The number of morpholine rings is 1. The van der Waals surface area contributed by atoms with Crippen LogP contribution in [0.1, 0.15) is 19.4 Å². The summed E-state index contributed by atoms with van der Waals surface area (Å²) < 4.78 is 11.3. The average Bonchev–Trinajstić information content (AvgIpc) is 2.53. The van der Waals surface area contributed by atoms with Crippen LogP contribution in [0.4, 0.5) is 0 Å². The van der Waals surface area contributed by atoms with Gasteiger partial charge in [0.15, 0.2) is 0 Å². The van der Waals surface area contributed by atoms with Crippen LogP contribution >= 0.6 is 0 Å². The molecule has 3 aromatic rings. The minimum Gasteiger partial charge on any atom is -0.423 e. The molecule has 4 nitrogen and oxygen atoms in total. The van der Waals surface area contributed by atoms with E-state index in [0.29, 0.717) is 5.58 Å². The summed E-state index contributed by atoms with van der Waals surface area (Å²) in [5.74, 6) is 0. The second-order valence-corrected chi connectivity index (χ2v) is 6.84. The van der Waals surface area contributed by atoms with E-state index in [-0.39, 0.29) is 17.8 Å². The fourth-order valence-corrected chi connectivity index (χ4v) is 3.96. The minimum atomic E-state index is -0.276. The van der Waals surface area contributed by atoms with Crippen molar-refractivity contribution in [3.63, 3.8) is 0 Å². The van der Waals surface area contributed by atoms with Crippen molar-refractivity contribution in [3.8, 4) is 0 Å². The van der Waals surface area contributed by atoms with Gasteiger partial charge in [0.2, 0.25) is 0 Å². The first-order valence-corrected chi connectivity index (χ1v) is 8.53. The van der Waals surface area contributed by atoms with Gasteiger partial charge < -0.3 is 14.1 Å². The first-order valence-electron chi connectivity index (χ1n) is 8.53. The molecule has 0 saturated carbocycles. The van der Waals surface area contributed by atoms with E-state index in [1.165, 1.54) is 10.3 Å². The molecule has 2 aromatic carbocycles. The Labute approximate surface area is 140 Å². The maximum Gasteiger partial charge on any atom is 0.336 e. The van der Waals surface area contributed by atoms with E-state index in [2.05, 4.69) is 26.0 Å². The van der Waals surface area contributed by atoms with E-state index < -0.39 is 0 Å². The fraction of sp³-hybridized carbons (Fsp3) is 0.350. The Bertz CT molecular complexity index is 936. The van der Waals surface area contributed by atoms with Gasteiger partial charge in [-0.3, -0.25) is 0 Å². The highest BCUT2D eigenvalue weighted by Crippen LogP contribution is 2.27. The molecular weight excluding hydrogens is 302 g/mol. The van der Waals surface area contributed by atoms with Crippen molar-refractivity contribution in [1.29, 1.82) is 0 Å². The van der Waals surface area contributed by atoms with E-state index in [9.17, 15) is 4.79 Å². The summed E-state index contributed by atoms with van der Waals surface area (Å²) in [5.41, 5.74) is 1.46. The lowest BCUT2D eigenvalue weighted by Gasteiger charge is -2.32. The Balaban J connectivity index is 1.84. The fourth-order valence-electron chi connectivity index (χ4n) is 3.96. The normalized spacial score (nSPS) is 24.5. The van der Waals surface area contributed by atoms with Crippen LogP contribution in [0, 0.1) is 0 Å². The monoisotopic (exact) mass is 324 g/mol. The van der Waals surface area contributed by atoms with Gasteiger partial charge in [0, 0.05) is 17.0 Å². The molecule has 1 fully saturated rings. The zero-order valence-electron chi connectivity index (χ0n) is 14.0. The quantitative estimate of drug-likeness (QED) is 0.580. The first-order chi connectivity index (χ1) is 11.6. The first kappa shape index (κ1) is 15.4. The molecule has 1 saturated heterocycles. The van der Waals surface area contributed by atoms with Gasteiger partial charge >= 0.3 is 5.63 Å². The highest BCUT2D eigenvalue weighted by Gasteiger charge is 2.26. The van der Waals surface area contributed by atoms with Gasteiger partial charge in [0.05, 0.1) is 0 Å². The third-order valence-corrected chi connectivity index (χ3v) is 4.77. The van der Waals surface area contributed by atoms with Crippen LogP contribution < -0.4 is 10.5 Å². The van der Waals surface area contributed by atoms with Crippen LogP contribution in [0.2, 0.25) is 0 Å². The summed E-state index contributed by atoms with van der Waals surface area (Å²) in [6.07, 6.45) is 0.485. The Hall–Kier alpha value is -2.17. The lowest BCUT2D eigenvalue weighted by molar-refractivity contribution is -0.928. The number of quaternary nitrogens is 1. The van der Waals surface area contributed by atoms with Gasteiger partial charge in [-0.25, -0.2) is 4.79 Å². The average molecular weight is 324 g/mol. The molecule has 24 heavy (non-hydrogen) atoms. The lowest BCUT2D eigenvalue weighted by atomic mass is 10.0. The molecule has 1 aliphatic rings. The summed E-state index contributed by atoms with van der Waals surface area (Å²) in [5, 5.41) is 3.37. The highest BCUT2D eigenvalue weighted by molar-refractivity contribution is 6.06. The molecule has 1 N–H and O–H groups in total. The summed E-state index contributed by atoms with van der Waals surface area (Å²) in [6.45, 7) is 6.95. The SMILES string of the molecule is C[C@@H]1C[NH+](Cc2cc(=O)oc3ccc4ccccc4c23)C[C@@H](C)O1. The smallest absolute Gasteiger partial charge is 0.336 e. The van der Waals surface area contributed by atoms with Gasteiger partial charge in [-0.15, -0.1) is 0 Å². The molecule has 4 heteroatoms. The van der Waals surface area contributed by atoms with E-state index >= 15 is 0 Å². The van der Waals surface area contributed by atoms with Gasteiger partial charge in [-0.2, -0.15) is 0 Å². The van der Waals surface area contributed by atoms with Gasteiger partial charge in [-0.1, -0.05) is 30.3 Å². The predicted molar refractivity (Wildman–Crippen MR) is 94.4 cm³/mol. The van der Waals surface area contributed by atoms with E-state index in [4.69, 9.17) is 9.15 Å². The van der Waals surface area contributed by atoms with Crippen LogP contribution in [0.25, 0.3) is 21.7 Å². The summed E-state index contributed by atoms with van der Waals surface area (Å²) >= 11 is 0. The Morgan fingerprint density at radius 3 is 2.62 bits per heavy atom. The zero-order valence-corrected chi connectivity index (χ0v) is 14.0. The number of benzene rings is 2. The molecule has 2 heterocycles. The number of ether oxygens (including phenoxy) is 1. The molecule has 2 atom stereocenters. The van der Waals surface area contributed by atoms with Crippen molar-refractivity contribution >= 4 is 21.7 Å². The minimum absolute atomic E-state index is 0.242. The zero-order chi connectivity index (χ0) is 16.7. The van der Waals surface area contributed by atoms with Crippen LogP contribution in [-0.4, -0.2) is 25.3 Å². The molecule has 1 aliphatic heterocycles. The van der Waals surface area contributed by atoms with Crippen LogP contribution in [-0.2, 0) is 11.3 Å². The molecule has 0 aliphatic carbocycles. The second kappa shape index (κ2) is 6.04. The molecule has 0 amide bonds. The standard InChI is InChI=1S/C20H21NO3/c1-13-10-21(11-14(2)23-13)12-16-9-19(22)24-18-8-7-15-5-3-4-6-17(15)20(16)18/h3-9,13-14H,10-12H2,1-2H3/p+1/t13-,14-/m1/s1. The number of rotatable bonds is 2. The van der Waals surface area contributed by atoms with E-state index in [1.54, 1.807) is 6.07 Å². The molecule has 0 radical (unpaired) electrons. The van der Waals surface area contributed by atoms with Crippen molar-refractivity contribution in [2.24, 2.45) is 0 Å². The summed E-state index contributed by atoms with van der Waals surface area (Å²) in [4.78, 5) is 13.5. The molecule has 0 spiro atoms. The Morgan fingerprint density at radius 1 is 1.08 bits per heavy atom. The predicted octanol–water partition coefficient (Wildman–Crippen LogP) is 2.14. The van der Waals surface area contributed by atoms with Gasteiger partial charge in [0.25, 0.3) is 0 Å². The number of hydrogen-bond donors (Lipinski definition) is 1. The molecule has 0 bridgehead atoms. The highest BCUT2D eigenvalue weighted by atomic mass is 16.5. The maximum atomic E-state index is 12.0. The van der Waals surface area contributed by atoms with Crippen LogP contribution in [0.15, 0.2) is 51.7 Å². The number of fused-ring (bicyclic) bond motifs is 3. The van der Waals surface area contributed by atoms with Gasteiger partial charge in [0.1, 0.15) is 37.4 Å². The molecular formula is C20H22NO3+. The van der Waals surface area contributed by atoms with Crippen molar-refractivity contribution in [1.82, 2.24) is 0 Å². The van der Waals surface area contributed by atoms with Crippen LogP contribution in [0.3, 0.4) is 0 Å². The van der Waals surface area contributed by atoms with Crippen molar-refractivity contribution < 1.29 is 14.1 Å². The van der Waals surface area contributed by atoms with Crippen molar-refractivity contribution in [3.05, 3.63) is 58.4 Å². The van der Waals surface area contributed by atoms with Crippen molar-refractivity contribution in [2.75, 3.05) is 13.1 Å². The third kappa shape index (κ3) is 2.83. The molecule has 4 rings (SSSR count). The van der Waals surface area contributed by atoms with E-state index in [0.717, 1.165) is 36.0 Å². The topological polar surface area (TPSA) is 43.9 Å². The second-order valence-electron chi connectivity index (χ2n) is 6.84. The third-order valence-electron chi connectivity index (χ3n) is 4.77. The largest absolute Gasteiger partial charge is 0.423 e. The van der Waals surface area contributed by atoms with Crippen LogP contribution in [0.5, 0.6) is 0 Å². The number of nitrogens with one attached hydrogen (secondary N) is 1. The number of hydrogen-bond acceptors (Lipinski definition) is 3. The maximum absolute atomic E-state index is 12.0. The summed E-state index contributed by atoms with van der Waals surface area (Å²) in [6, 6.07) is 13.8. The molecule has 0 unspecified atom stereocenters. The van der Waals surface area contributed by atoms with Crippen molar-refractivity contribution in [2.45, 2.75) is 32.6 Å². The Morgan fingerprint density at radius 2 is 1.83 bits per heavy atom. The lowest BCUT2D eigenvalue weighted by Crippen LogP contribution is -3.14. The molecule has 124 valence electrons. The Kier molecular flexibility index (Phi) is 3.87. The van der Waals surface area contributed by atoms with E-state index in [1.807, 2.05) is 24.3 Å². The molecule has 1 aromatic heterocycles.